The monoisotopic (exact) mass is 298 g/mol. The van der Waals surface area contributed by atoms with Gasteiger partial charge in [-0.05, 0) is 38.1 Å². The minimum atomic E-state index is -3.37. The van der Waals surface area contributed by atoms with Gasteiger partial charge < -0.3 is 5.32 Å². The first-order chi connectivity index (χ1) is 9.51. The largest absolute Gasteiger partial charge is 0.313 e. The maximum Gasteiger partial charge on any atom is 0.240 e. The van der Waals surface area contributed by atoms with Gasteiger partial charge >= 0.3 is 0 Å². The smallest absolute Gasteiger partial charge is 0.240 e. The van der Waals surface area contributed by atoms with Crippen LogP contribution in [0.2, 0.25) is 0 Å². The van der Waals surface area contributed by atoms with Crippen molar-refractivity contribution in [2.45, 2.75) is 50.5 Å². The molecule has 0 aromatic heterocycles. The molecule has 2 N–H and O–H groups in total. The van der Waals surface area contributed by atoms with Gasteiger partial charge in [-0.3, -0.25) is 0 Å². The van der Waals surface area contributed by atoms with Crippen LogP contribution in [-0.4, -0.2) is 22.0 Å². The molecule has 114 valence electrons. The average Bonchev–Trinajstić information content (AvgIpc) is 2.46. The minimum absolute atomic E-state index is 0.216. The highest BCUT2D eigenvalue weighted by molar-refractivity contribution is 7.89. The van der Waals surface area contributed by atoms with E-state index in [-0.39, 0.29) is 6.04 Å². The molecule has 0 saturated carbocycles. The Labute approximate surface area is 123 Å². The summed E-state index contributed by atoms with van der Waals surface area (Å²) in [6.45, 7) is 4.68. The molecule has 20 heavy (non-hydrogen) atoms. The molecule has 1 aromatic rings. The van der Waals surface area contributed by atoms with Gasteiger partial charge in [0.05, 0.1) is 4.90 Å². The van der Waals surface area contributed by atoms with Crippen molar-refractivity contribution in [1.82, 2.24) is 10.0 Å². The van der Waals surface area contributed by atoms with E-state index in [1.807, 2.05) is 26.1 Å². The Morgan fingerprint density at radius 2 is 1.75 bits per heavy atom. The maximum atomic E-state index is 12.1. The lowest BCUT2D eigenvalue weighted by molar-refractivity contribution is 0.573. The SMILES string of the molecule is CCCCCCNS(=O)(=O)c1ccc(C(C)NC)cc1. The molecule has 0 amide bonds. The molecular weight excluding hydrogens is 272 g/mol. The molecule has 0 aliphatic carbocycles. The van der Waals surface area contributed by atoms with Crippen molar-refractivity contribution in [1.29, 1.82) is 0 Å². The highest BCUT2D eigenvalue weighted by Gasteiger charge is 2.13. The highest BCUT2D eigenvalue weighted by Crippen LogP contribution is 2.15. The predicted molar refractivity (Wildman–Crippen MR) is 83.2 cm³/mol. The molecule has 1 unspecified atom stereocenters. The lowest BCUT2D eigenvalue weighted by Crippen LogP contribution is -2.24. The molecular formula is C15H26N2O2S. The van der Waals surface area contributed by atoms with Crippen molar-refractivity contribution >= 4 is 10.0 Å². The highest BCUT2D eigenvalue weighted by atomic mass is 32.2. The van der Waals surface area contributed by atoms with E-state index in [9.17, 15) is 8.42 Å². The van der Waals surface area contributed by atoms with E-state index in [1.54, 1.807) is 12.1 Å². The molecule has 0 heterocycles. The van der Waals surface area contributed by atoms with Crippen LogP contribution in [0.3, 0.4) is 0 Å². The first-order valence-electron chi connectivity index (χ1n) is 7.28. The van der Waals surface area contributed by atoms with Crippen LogP contribution in [0, 0.1) is 0 Å². The number of hydrogen-bond donors (Lipinski definition) is 2. The van der Waals surface area contributed by atoms with Gasteiger partial charge in [0.15, 0.2) is 0 Å². The van der Waals surface area contributed by atoms with Crippen molar-refractivity contribution in [3.63, 3.8) is 0 Å². The van der Waals surface area contributed by atoms with Crippen LogP contribution < -0.4 is 10.0 Å². The molecule has 1 aromatic carbocycles. The number of hydrogen-bond acceptors (Lipinski definition) is 3. The zero-order valence-corrected chi connectivity index (χ0v) is 13.5. The summed E-state index contributed by atoms with van der Waals surface area (Å²) in [6.07, 6.45) is 4.26. The summed E-state index contributed by atoms with van der Waals surface area (Å²) in [5.41, 5.74) is 1.08. The van der Waals surface area contributed by atoms with Gasteiger partial charge in [-0.1, -0.05) is 38.3 Å². The summed E-state index contributed by atoms with van der Waals surface area (Å²) in [7, 11) is -1.48. The van der Waals surface area contributed by atoms with E-state index in [0.29, 0.717) is 11.4 Å². The van der Waals surface area contributed by atoms with Crippen molar-refractivity contribution in [2.75, 3.05) is 13.6 Å². The van der Waals surface area contributed by atoms with E-state index in [1.165, 1.54) is 0 Å². The van der Waals surface area contributed by atoms with Crippen LogP contribution in [-0.2, 0) is 10.0 Å². The molecule has 0 radical (unpaired) electrons. The molecule has 1 atom stereocenters. The Kier molecular flexibility index (Phi) is 7.19. The summed E-state index contributed by atoms with van der Waals surface area (Å²) < 4.78 is 26.8. The van der Waals surface area contributed by atoms with E-state index in [4.69, 9.17) is 0 Å². The second-order valence-electron chi connectivity index (χ2n) is 5.04. The van der Waals surface area contributed by atoms with Gasteiger partial charge in [0.2, 0.25) is 10.0 Å². The normalized spacial score (nSPS) is 13.3. The summed E-state index contributed by atoms with van der Waals surface area (Å²) in [6, 6.07) is 7.25. The molecule has 0 fully saturated rings. The van der Waals surface area contributed by atoms with E-state index < -0.39 is 10.0 Å². The first kappa shape index (κ1) is 17.1. The number of unbranched alkanes of at least 4 members (excludes halogenated alkanes) is 3. The second-order valence-corrected chi connectivity index (χ2v) is 6.80. The minimum Gasteiger partial charge on any atom is -0.313 e. The number of nitrogens with one attached hydrogen (secondary N) is 2. The van der Waals surface area contributed by atoms with Gasteiger partial charge in [0.1, 0.15) is 0 Å². The fraction of sp³-hybridized carbons (Fsp3) is 0.600. The molecule has 0 spiro atoms. The van der Waals surface area contributed by atoms with Crippen LogP contribution in [0.15, 0.2) is 29.2 Å². The van der Waals surface area contributed by atoms with E-state index in [0.717, 1.165) is 31.2 Å². The predicted octanol–water partition coefficient (Wildman–Crippen LogP) is 2.83. The molecule has 5 heteroatoms. The fourth-order valence-electron chi connectivity index (χ4n) is 1.94. The molecule has 0 aliphatic rings. The Morgan fingerprint density at radius 3 is 2.30 bits per heavy atom. The molecule has 0 saturated heterocycles. The molecule has 0 bridgehead atoms. The molecule has 1 rings (SSSR count). The topological polar surface area (TPSA) is 58.2 Å². The summed E-state index contributed by atoms with van der Waals surface area (Å²) >= 11 is 0. The Hall–Kier alpha value is -0.910. The third-order valence-corrected chi connectivity index (χ3v) is 4.92. The van der Waals surface area contributed by atoms with Gasteiger partial charge in [-0.15, -0.1) is 0 Å². The van der Waals surface area contributed by atoms with Crippen LogP contribution >= 0.6 is 0 Å². The molecule has 0 aliphatic heterocycles. The Morgan fingerprint density at radius 1 is 1.10 bits per heavy atom. The van der Waals surface area contributed by atoms with Gasteiger partial charge in [-0.25, -0.2) is 13.1 Å². The third-order valence-electron chi connectivity index (χ3n) is 3.45. The standard InChI is InChI=1S/C15H26N2O2S/c1-4-5-6-7-12-17-20(18,19)15-10-8-14(9-11-15)13(2)16-3/h8-11,13,16-17H,4-7,12H2,1-3H3. The zero-order chi connectivity index (χ0) is 15.0. The number of rotatable bonds is 9. The number of benzene rings is 1. The van der Waals surface area contributed by atoms with Crippen molar-refractivity contribution in [3.8, 4) is 0 Å². The summed E-state index contributed by atoms with van der Waals surface area (Å²) in [5.74, 6) is 0. The lowest BCUT2D eigenvalue weighted by atomic mass is 10.1. The van der Waals surface area contributed by atoms with Gasteiger partial charge in [-0.2, -0.15) is 0 Å². The molecule has 4 nitrogen and oxygen atoms in total. The van der Waals surface area contributed by atoms with Crippen molar-refractivity contribution in [2.24, 2.45) is 0 Å². The average molecular weight is 298 g/mol. The van der Waals surface area contributed by atoms with Crippen LogP contribution in [0.1, 0.15) is 51.1 Å². The Bertz CT molecular complexity index is 483. The summed E-state index contributed by atoms with van der Waals surface area (Å²) in [4.78, 5) is 0.333. The van der Waals surface area contributed by atoms with E-state index in [2.05, 4.69) is 17.0 Å². The summed E-state index contributed by atoms with van der Waals surface area (Å²) in [5, 5.41) is 3.13. The zero-order valence-electron chi connectivity index (χ0n) is 12.6. The number of sulfonamides is 1. The lowest BCUT2D eigenvalue weighted by Gasteiger charge is -2.11. The van der Waals surface area contributed by atoms with Crippen molar-refractivity contribution < 1.29 is 8.42 Å². The van der Waals surface area contributed by atoms with Crippen LogP contribution in [0.5, 0.6) is 0 Å². The van der Waals surface area contributed by atoms with Crippen LogP contribution in [0.4, 0.5) is 0 Å². The quantitative estimate of drug-likeness (QED) is 0.689. The maximum absolute atomic E-state index is 12.1. The Balaban J connectivity index is 2.59. The third kappa shape index (κ3) is 5.23. The van der Waals surface area contributed by atoms with Crippen LogP contribution in [0.25, 0.3) is 0 Å². The van der Waals surface area contributed by atoms with Gasteiger partial charge in [0, 0.05) is 12.6 Å². The first-order valence-corrected chi connectivity index (χ1v) is 8.76. The second kappa shape index (κ2) is 8.39. The van der Waals surface area contributed by atoms with Crippen molar-refractivity contribution in [3.05, 3.63) is 29.8 Å². The van der Waals surface area contributed by atoms with E-state index >= 15 is 0 Å². The van der Waals surface area contributed by atoms with Gasteiger partial charge in [0.25, 0.3) is 0 Å². The fourth-order valence-corrected chi connectivity index (χ4v) is 3.02.